The number of para-hydroxylation sites is 1. The summed E-state index contributed by atoms with van der Waals surface area (Å²) in [4.78, 5) is 2.22. The normalized spacial score (nSPS) is 12.2. The van der Waals surface area contributed by atoms with Crippen molar-refractivity contribution in [2.75, 3.05) is 11.4 Å². The molecule has 0 aliphatic rings. The van der Waals surface area contributed by atoms with Crippen LogP contribution in [0.3, 0.4) is 0 Å². The largest absolute Gasteiger partial charge is 0.389 e. The third kappa shape index (κ3) is 2.96. The van der Waals surface area contributed by atoms with Crippen LogP contribution in [-0.4, -0.2) is 11.7 Å². The van der Waals surface area contributed by atoms with Gasteiger partial charge in [-0.2, -0.15) is 0 Å². The molecule has 0 aliphatic carbocycles. The minimum absolute atomic E-state index is 0.462. The van der Waals surface area contributed by atoms with Crippen LogP contribution in [0.4, 0.5) is 11.4 Å². The Morgan fingerprint density at radius 2 is 1.68 bits per heavy atom. The van der Waals surface area contributed by atoms with Gasteiger partial charge in [-0.05, 0) is 39.0 Å². The standard InChI is InChI=1S/C17H21NO/c1-4-18(15-11-9-13(2)10-12-15)17-8-6-5-7-16(17)14(3)19/h5-12,14,19H,4H2,1-3H3/t14-/m1/s1. The van der Waals surface area contributed by atoms with E-state index in [1.165, 1.54) is 5.56 Å². The van der Waals surface area contributed by atoms with Crippen LogP contribution in [0.5, 0.6) is 0 Å². The molecular weight excluding hydrogens is 234 g/mol. The summed E-state index contributed by atoms with van der Waals surface area (Å²) in [6.07, 6.45) is -0.462. The molecule has 0 bridgehead atoms. The fourth-order valence-corrected chi connectivity index (χ4v) is 2.30. The van der Waals surface area contributed by atoms with Gasteiger partial charge in [0.25, 0.3) is 0 Å². The van der Waals surface area contributed by atoms with Crippen molar-refractivity contribution < 1.29 is 5.11 Å². The molecule has 2 rings (SSSR count). The van der Waals surface area contributed by atoms with Gasteiger partial charge >= 0.3 is 0 Å². The number of aryl methyl sites for hydroxylation is 1. The van der Waals surface area contributed by atoms with E-state index in [9.17, 15) is 5.11 Å². The molecule has 0 unspecified atom stereocenters. The van der Waals surface area contributed by atoms with E-state index in [0.717, 1.165) is 23.5 Å². The average Bonchev–Trinajstić information content (AvgIpc) is 2.42. The highest BCUT2D eigenvalue weighted by atomic mass is 16.3. The molecule has 0 heterocycles. The zero-order valence-corrected chi connectivity index (χ0v) is 11.8. The average molecular weight is 255 g/mol. The molecule has 2 heteroatoms. The molecule has 0 aliphatic heterocycles. The molecular formula is C17H21NO. The van der Waals surface area contributed by atoms with E-state index in [0.29, 0.717) is 0 Å². The Morgan fingerprint density at radius 3 is 2.26 bits per heavy atom. The predicted molar refractivity (Wildman–Crippen MR) is 80.9 cm³/mol. The van der Waals surface area contributed by atoms with Crippen LogP contribution in [0, 0.1) is 6.92 Å². The molecule has 0 radical (unpaired) electrons. The van der Waals surface area contributed by atoms with Crippen molar-refractivity contribution in [1.82, 2.24) is 0 Å². The van der Waals surface area contributed by atoms with Gasteiger partial charge in [0.15, 0.2) is 0 Å². The van der Waals surface area contributed by atoms with Crippen molar-refractivity contribution in [2.45, 2.75) is 26.9 Å². The van der Waals surface area contributed by atoms with E-state index in [1.54, 1.807) is 0 Å². The molecule has 0 aromatic heterocycles. The van der Waals surface area contributed by atoms with Gasteiger partial charge < -0.3 is 10.0 Å². The lowest BCUT2D eigenvalue weighted by molar-refractivity contribution is 0.200. The van der Waals surface area contributed by atoms with E-state index >= 15 is 0 Å². The zero-order chi connectivity index (χ0) is 13.8. The summed E-state index contributed by atoms with van der Waals surface area (Å²) in [6.45, 7) is 6.89. The van der Waals surface area contributed by atoms with Gasteiger partial charge in [0.1, 0.15) is 0 Å². The quantitative estimate of drug-likeness (QED) is 0.884. The van der Waals surface area contributed by atoms with E-state index in [4.69, 9.17) is 0 Å². The van der Waals surface area contributed by atoms with E-state index in [1.807, 2.05) is 25.1 Å². The fraction of sp³-hybridized carbons (Fsp3) is 0.294. The van der Waals surface area contributed by atoms with Gasteiger partial charge in [0.2, 0.25) is 0 Å². The molecule has 1 atom stereocenters. The van der Waals surface area contributed by atoms with Crippen LogP contribution in [0.2, 0.25) is 0 Å². The Bertz CT molecular complexity index is 531. The number of hydrogen-bond acceptors (Lipinski definition) is 2. The maximum absolute atomic E-state index is 9.91. The Labute approximate surface area is 115 Å². The first-order chi connectivity index (χ1) is 9.13. The summed E-state index contributed by atoms with van der Waals surface area (Å²) in [7, 11) is 0. The Balaban J connectivity index is 2.45. The SMILES string of the molecule is CCN(c1ccc(C)cc1)c1ccccc1[C@@H](C)O. The van der Waals surface area contributed by atoms with Crippen molar-refractivity contribution in [3.05, 3.63) is 59.7 Å². The third-order valence-electron chi connectivity index (χ3n) is 3.34. The first-order valence-corrected chi connectivity index (χ1v) is 6.74. The maximum Gasteiger partial charge on any atom is 0.0782 e. The fourth-order valence-electron chi connectivity index (χ4n) is 2.30. The monoisotopic (exact) mass is 255 g/mol. The predicted octanol–water partition coefficient (Wildman–Crippen LogP) is 4.21. The van der Waals surface area contributed by atoms with Crippen LogP contribution < -0.4 is 4.90 Å². The smallest absolute Gasteiger partial charge is 0.0782 e. The van der Waals surface area contributed by atoms with Gasteiger partial charge in [-0.25, -0.2) is 0 Å². The Kier molecular flexibility index (Phi) is 4.23. The lowest BCUT2D eigenvalue weighted by atomic mass is 10.1. The van der Waals surface area contributed by atoms with Crippen LogP contribution in [0.1, 0.15) is 31.1 Å². The molecule has 19 heavy (non-hydrogen) atoms. The number of nitrogens with zero attached hydrogens (tertiary/aromatic N) is 1. The molecule has 2 aromatic rings. The van der Waals surface area contributed by atoms with Gasteiger partial charge in [0, 0.05) is 23.5 Å². The van der Waals surface area contributed by atoms with Crippen molar-refractivity contribution in [3.63, 3.8) is 0 Å². The van der Waals surface area contributed by atoms with Gasteiger partial charge in [-0.3, -0.25) is 0 Å². The van der Waals surface area contributed by atoms with Crippen LogP contribution >= 0.6 is 0 Å². The van der Waals surface area contributed by atoms with Crippen molar-refractivity contribution in [2.24, 2.45) is 0 Å². The number of aliphatic hydroxyl groups excluding tert-OH is 1. The summed E-state index contributed by atoms with van der Waals surface area (Å²) in [5.74, 6) is 0. The first kappa shape index (κ1) is 13.6. The second-order valence-corrected chi connectivity index (χ2v) is 4.81. The van der Waals surface area contributed by atoms with E-state index < -0.39 is 6.10 Å². The molecule has 0 spiro atoms. The second-order valence-electron chi connectivity index (χ2n) is 4.81. The number of hydrogen-bond donors (Lipinski definition) is 1. The van der Waals surface area contributed by atoms with Crippen LogP contribution in [0.15, 0.2) is 48.5 Å². The molecule has 100 valence electrons. The number of benzene rings is 2. The molecule has 0 saturated carbocycles. The highest BCUT2D eigenvalue weighted by Crippen LogP contribution is 2.31. The summed E-state index contributed by atoms with van der Waals surface area (Å²) in [5.41, 5.74) is 4.44. The molecule has 0 fully saturated rings. The minimum Gasteiger partial charge on any atom is -0.389 e. The lowest BCUT2D eigenvalue weighted by Gasteiger charge is -2.27. The number of anilines is 2. The molecule has 1 N–H and O–H groups in total. The van der Waals surface area contributed by atoms with Crippen molar-refractivity contribution in [1.29, 1.82) is 0 Å². The highest BCUT2D eigenvalue weighted by molar-refractivity contribution is 5.67. The minimum atomic E-state index is -0.462. The van der Waals surface area contributed by atoms with Crippen LogP contribution in [0.25, 0.3) is 0 Å². The number of rotatable bonds is 4. The van der Waals surface area contributed by atoms with Gasteiger partial charge in [0.05, 0.1) is 6.10 Å². The third-order valence-corrected chi connectivity index (χ3v) is 3.34. The zero-order valence-electron chi connectivity index (χ0n) is 11.8. The molecule has 2 nitrogen and oxygen atoms in total. The van der Waals surface area contributed by atoms with Crippen molar-refractivity contribution >= 4 is 11.4 Å². The summed E-state index contributed by atoms with van der Waals surface area (Å²) < 4.78 is 0. The number of aliphatic hydroxyl groups is 1. The summed E-state index contributed by atoms with van der Waals surface area (Å²) >= 11 is 0. The highest BCUT2D eigenvalue weighted by Gasteiger charge is 2.13. The topological polar surface area (TPSA) is 23.5 Å². The molecule has 0 amide bonds. The van der Waals surface area contributed by atoms with Crippen LogP contribution in [-0.2, 0) is 0 Å². The Morgan fingerprint density at radius 1 is 1.05 bits per heavy atom. The second kappa shape index (κ2) is 5.89. The maximum atomic E-state index is 9.91. The first-order valence-electron chi connectivity index (χ1n) is 6.74. The van der Waals surface area contributed by atoms with Crippen molar-refractivity contribution in [3.8, 4) is 0 Å². The van der Waals surface area contributed by atoms with Gasteiger partial charge in [-0.1, -0.05) is 35.9 Å². The molecule has 2 aromatic carbocycles. The van der Waals surface area contributed by atoms with E-state index in [2.05, 4.69) is 49.1 Å². The van der Waals surface area contributed by atoms with Gasteiger partial charge in [-0.15, -0.1) is 0 Å². The van der Waals surface area contributed by atoms with E-state index in [-0.39, 0.29) is 0 Å². The Hall–Kier alpha value is -1.80. The lowest BCUT2D eigenvalue weighted by Crippen LogP contribution is -2.18. The summed E-state index contributed by atoms with van der Waals surface area (Å²) in [6, 6.07) is 16.5. The summed E-state index contributed by atoms with van der Waals surface area (Å²) in [5, 5.41) is 9.91. The molecule has 0 saturated heterocycles.